The van der Waals surface area contributed by atoms with Crippen LogP contribution in [0.3, 0.4) is 0 Å². The zero-order chi connectivity index (χ0) is 12.1. The summed E-state index contributed by atoms with van der Waals surface area (Å²) in [7, 11) is 0. The maximum absolute atomic E-state index is 11.3. The fourth-order valence-electron chi connectivity index (χ4n) is 1.41. The summed E-state index contributed by atoms with van der Waals surface area (Å²) in [5.41, 5.74) is 6.02. The van der Waals surface area contributed by atoms with E-state index in [1.165, 1.54) is 0 Å². The molecule has 5 heteroatoms. The number of halogens is 2. The van der Waals surface area contributed by atoms with Crippen LogP contribution in [-0.2, 0) is 4.79 Å². The average Bonchev–Trinajstić information content (AvgIpc) is 2.16. The van der Waals surface area contributed by atoms with Gasteiger partial charge in [0.15, 0.2) is 0 Å². The smallest absolute Gasteiger partial charge is 0.239 e. The minimum Gasteiger partial charge on any atom is -0.368 e. The molecule has 0 radical (unpaired) electrons. The Morgan fingerprint density at radius 1 is 1.38 bits per heavy atom. The molecule has 0 saturated carbocycles. The zero-order valence-corrected chi connectivity index (χ0v) is 10.5. The van der Waals surface area contributed by atoms with Crippen LogP contribution in [0.2, 0.25) is 10.0 Å². The number of carbonyl (C=O) groups is 1. The standard InChI is InChI=1S/C11H14Cl2N2O/c1-2-3-15-10(11(14)16)7-4-8(12)6-9(13)5-7/h4-6,10,15H,2-3H2,1H3,(H2,14,16). The van der Waals surface area contributed by atoms with Crippen LogP contribution in [0, 0.1) is 0 Å². The van der Waals surface area contributed by atoms with Crippen LogP contribution in [0.5, 0.6) is 0 Å². The van der Waals surface area contributed by atoms with Gasteiger partial charge in [0, 0.05) is 10.0 Å². The maximum atomic E-state index is 11.3. The largest absolute Gasteiger partial charge is 0.368 e. The molecule has 1 aromatic rings. The molecule has 3 N–H and O–H groups in total. The number of hydrogen-bond donors (Lipinski definition) is 2. The predicted molar refractivity (Wildman–Crippen MR) is 66.7 cm³/mol. The lowest BCUT2D eigenvalue weighted by Gasteiger charge is -2.15. The Morgan fingerprint density at radius 2 is 1.94 bits per heavy atom. The van der Waals surface area contributed by atoms with Gasteiger partial charge in [0.05, 0.1) is 0 Å². The maximum Gasteiger partial charge on any atom is 0.239 e. The summed E-state index contributed by atoms with van der Waals surface area (Å²) in [6.07, 6.45) is 0.915. The molecule has 1 unspecified atom stereocenters. The van der Waals surface area contributed by atoms with Crippen LogP contribution in [-0.4, -0.2) is 12.5 Å². The number of carbonyl (C=O) groups excluding carboxylic acids is 1. The third kappa shape index (κ3) is 3.67. The van der Waals surface area contributed by atoms with Crippen molar-refractivity contribution in [1.82, 2.24) is 5.32 Å². The van der Waals surface area contributed by atoms with Crippen molar-refractivity contribution in [3.63, 3.8) is 0 Å². The first-order valence-electron chi connectivity index (χ1n) is 5.03. The lowest BCUT2D eigenvalue weighted by Crippen LogP contribution is -2.34. The van der Waals surface area contributed by atoms with Crippen LogP contribution in [0.4, 0.5) is 0 Å². The molecule has 1 rings (SSSR count). The molecule has 3 nitrogen and oxygen atoms in total. The second-order valence-electron chi connectivity index (χ2n) is 3.49. The van der Waals surface area contributed by atoms with Crippen LogP contribution in [0.1, 0.15) is 24.9 Å². The summed E-state index contributed by atoms with van der Waals surface area (Å²) in [6, 6.07) is 4.44. The number of hydrogen-bond acceptors (Lipinski definition) is 2. The Balaban J connectivity index is 2.96. The predicted octanol–water partition coefficient (Wildman–Crippen LogP) is 2.52. The van der Waals surface area contributed by atoms with Crippen LogP contribution in [0.15, 0.2) is 18.2 Å². The van der Waals surface area contributed by atoms with Gasteiger partial charge < -0.3 is 11.1 Å². The number of nitrogens with one attached hydrogen (secondary N) is 1. The molecule has 16 heavy (non-hydrogen) atoms. The van der Waals surface area contributed by atoms with E-state index in [-0.39, 0.29) is 0 Å². The summed E-state index contributed by atoms with van der Waals surface area (Å²) in [5, 5.41) is 4.03. The van der Waals surface area contributed by atoms with Crippen molar-refractivity contribution in [3.05, 3.63) is 33.8 Å². The summed E-state index contributed by atoms with van der Waals surface area (Å²) in [4.78, 5) is 11.3. The molecule has 0 bridgehead atoms. The fourth-order valence-corrected chi connectivity index (χ4v) is 1.96. The normalized spacial score (nSPS) is 12.4. The van der Waals surface area contributed by atoms with Crippen molar-refractivity contribution in [2.24, 2.45) is 5.73 Å². The Morgan fingerprint density at radius 3 is 2.38 bits per heavy atom. The molecule has 0 spiro atoms. The topological polar surface area (TPSA) is 55.1 Å². The van der Waals surface area contributed by atoms with E-state index in [0.717, 1.165) is 6.42 Å². The Kier molecular flexibility index (Phi) is 5.06. The second-order valence-corrected chi connectivity index (χ2v) is 4.37. The highest BCUT2D eigenvalue weighted by molar-refractivity contribution is 6.34. The van der Waals surface area contributed by atoms with E-state index in [0.29, 0.717) is 22.2 Å². The zero-order valence-electron chi connectivity index (χ0n) is 8.97. The van der Waals surface area contributed by atoms with E-state index in [2.05, 4.69) is 5.32 Å². The molecule has 0 aromatic heterocycles. The van der Waals surface area contributed by atoms with E-state index in [1.54, 1.807) is 18.2 Å². The quantitative estimate of drug-likeness (QED) is 0.855. The van der Waals surface area contributed by atoms with Gasteiger partial charge in [0.2, 0.25) is 5.91 Å². The molecule has 1 amide bonds. The third-order valence-electron chi connectivity index (χ3n) is 2.10. The van der Waals surface area contributed by atoms with Gasteiger partial charge in [-0.2, -0.15) is 0 Å². The molecule has 0 aliphatic heterocycles. The van der Waals surface area contributed by atoms with Crippen LogP contribution in [0.25, 0.3) is 0 Å². The van der Waals surface area contributed by atoms with Gasteiger partial charge in [0.25, 0.3) is 0 Å². The van der Waals surface area contributed by atoms with Gasteiger partial charge in [-0.05, 0) is 36.7 Å². The van der Waals surface area contributed by atoms with Crippen molar-refractivity contribution in [3.8, 4) is 0 Å². The Bertz CT molecular complexity index is 362. The minimum absolute atomic E-state index is 0.438. The molecule has 0 fully saturated rings. The molecular formula is C11H14Cl2N2O. The van der Waals surface area contributed by atoms with Gasteiger partial charge in [-0.15, -0.1) is 0 Å². The summed E-state index contributed by atoms with van der Waals surface area (Å²) < 4.78 is 0. The molecule has 0 saturated heterocycles. The molecule has 0 aliphatic rings. The van der Waals surface area contributed by atoms with E-state index in [4.69, 9.17) is 28.9 Å². The molecule has 0 heterocycles. The molecular weight excluding hydrogens is 247 g/mol. The van der Waals surface area contributed by atoms with Gasteiger partial charge in [-0.1, -0.05) is 30.1 Å². The van der Waals surface area contributed by atoms with Crippen molar-refractivity contribution in [2.75, 3.05) is 6.54 Å². The fraction of sp³-hybridized carbons (Fsp3) is 0.364. The van der Waals surface area contributed by atoms with E-state index in [1.807, 2.05) is 6.92 Å². The van der Waals surface area contributed by atoms with Gasteiger partial charge in [-0.25, -0.2) is 0 Å². The summed E-state index contributed by atoms with van der Waals surface area (Å²) in [6.45, 7) is 2.72. The first kappa shape index (κ1) is 13.3. The first-order valence-corrected chi connectivity index (χ1v) is 5.79. The van der Waals surface area contributed by atoms with Crippen molar-refractivity contribution >= 4 is 29.1 Å². The van der Waals surface area contributed by atoms with Crippen molar-refractivity contribution in [1.29, 1.82) is 0 Å². The van der Waals surface area contributed by atoms with Gasteiger partial charge in [0.1, 0.15) is 6.04 Å². The third-order valence-corrected chi connectivity index (χ3v) is 2.54. The number of primary amides is 1. The number of benzene rings is 1. The summed E-state index contributed by atoms with van der Waals surface area (Å²) in [5.74, 6) is -0.438. The number of amides is 1. The highest BCUT2D eigenvalue weighted by Crippen LogP contribution is 2.23. The number of rotatable bonds is 5. The van der Waals surface area contributed by atoms with Crippen molar-refractivity contribution < 1.29 is 4.79 Å². The molecule has 0 aliphatic carbocycles. The minimum atomic E-state index is -0.545. The SMILES string of the molecule is CCCNC(C(N)=O)c1cc(Cl)cc(Cl)c1. The van der Waals surface area contributed by atoms with E-state index in [9.17, 15) is 4.79 Å². The van der Waals surface area contributed by atoms with Gasteiger partial charge in [-0.3, -0.25) is 4.79 Å². The van der Waals surface area contributed by atoms with E-state index >= 15 is 0 Å². The monoisotopic (exact) mass is 260 g/mol. The lowest BCUT2D eigenvalue weighted by molar-refractivity contribution is -0.120. The molecule has 1 atom stereocenters. The second kappa shape index (κ2) is 6.09. The Labute approximate surface area is 105 Å². The van der Waals surface area contributed by atoms with E-state index < -0.39 is 11.9 Å². The summed E-state index contributed by atoms with van der Waals surface area (Å²) >= 11 is 11.7. The highest BCUT2D eigenvalue weighted by Gasteiger charge is 2.17. The molecule has 88 valence electrons. The number of nitrogens with two attached hydrogens (primary N) is 1. The van der Waals surface area contributed by atoms with Crippen LogP contribution < -0.4 is 11.1 Å². The van der Waals surface area contributed by atoms with Crippen molar-refractivity contribution in [2.45, 2.75) is 19.4 Å². The Hall–Kier alpha value is -0.770. The van der Waals surface area contributed by atoms with Gasteiger partial charge >= 0.3 is 0 Å². The average molecular weight is 261 g/mol. The van der Waals surface area contributed by atoms with Crippen LogP contribution >= 0.6 is 23.2 Å². The highest BCUT2D eigenvalue weighted by atomic mass is 35.5. The lowest BCUT2D eigenvalue weighted by atomic mass is 10.1. The molecule has 1 aromatic carbocycles. The first-order chi connectivity index (χ1) is 7.54.